The fourth-order valence-corrected chi connectivity index (χ4v) is 0.534. The van der Waals surface area contributed by atoms with E-state index in [-0.39, 0.29) is 11.8 Å². The summed E-state index contributed by atoms with van der Waals surface area (Å²) in [6.07, 6.45) is 0.735. The molecule has 0 N–H and O–H groups in total. The third-order valence-electron chi connectivity index (χ3n) is 1.48. The van der Waals surface area contributed by atoms with Crippen molar-refractivity contribution in [2.24, 2.45) is 11.2 Å². The molecule has 58 valence electrons. The first-order valence-electron chi connectivity index (χ1n) is 3.24. The van der Waals surface area contributed by atoms with E-state index in [1.54, 1.807) is 6.92 Å². The standard InChI is InChI=1S/C6H12N2O2/c1-4-5(2)6(9)8(3)7-10/h5H,4H2,1-3H3/t5-/m0/s1. The normalized spacial score (nSPS) is 12.3. The lowest BCUT2D eigenvalue weighted by Gasteiger charge is -2.10. The number of hydrogen-bond acceptors (Lipinski definition) is 3. The first kappa shape index (κ1) is 9.07. The van der Waals surface area contributed by atoms with E-state index in [2.05, 4.69) is 5.29 Å². The average molecular weight is 144 g/mol. The Kier molecular flexibility index (Phi) is 3.61. The fourth-order valence-electron chi connectivity index (χ4n) is 0.534. The van der Waals surface area contributed by atoms with Crippen molar-refractivity contribution in [3.05, 3.63) is 4.91 Å². The van der Waals surface area contributed by atoms with Crippen LogP contribution in [0.15, 0.2) is 5.29 Å². The number of nitroso groups, excluding NO2 is 1. The molecule has 0 radical (unpaired) electrons. The van der Waals surface area contributed by atoms with Gasteiger partial charge in [0.1, 0.15) is 0 Å². The molecule has 0 aliphatic carbocycles. The van der Waals surface area contributed by atoms with E-state index in [0.717, 1.165) is 11.4 Å². The second-order valence-electron chi connectivity index (χ2n) is 2.25. The maximum atomic E-state index is 10.9. The summed E-state index contributed by atoms with van der Waals surface area (Å²) in [4.78, 5) is 20.8. The van der Waals surface area contributed by atoms with Crippen molar-refractivity contribution in [2.45, 2.75) is 20.3 Å². The van der Waals surface area contributed by atoms with E-state index in [4.69, 9.17) is 0 Å². The molecule has 0 unspecified atom stereocenters. The van der Waals surface area contributed by atoms with Crippen LogP contribution in [0.1, 0.15) is 20.3 Å². The van der Waals surface area contributed by atoms with Crippen molar-refractivity contribution >= 4 is 5.91 Å². The average Bonchev–Trinajstić information content (AvgIpc) is 2.00. The summed E-state index contributed by atoms with van der Waals surface area (Å²) in [6, 6.07) is 0. The van der Waals surface area contributed by atoms with Crippen LogP contribution in [0.25, 0.3) is 0 Å². The zero-order valence-electron chi connectivity index (χ0n) is 6.50. The molecule has 0 heterocycles. The van der Waals surface area contributed by atoms with Crippen molar-refractivity contribution in [3.8, 4) is 0 Å². The Balaban J connectivity index is 3.93. The highest BCUT2D eigenvalue weighted by molar-refractivity contribution is 5.77. The highest BCUT2D eigenvalue weighted by atomic mass is 16.3. The summed E-state index contributed by atoms with van der Waals surface area (Å²) in [5.74, 6) is -0.333. The summed E-state index contributed by atoms with van der Waals surface area (Å²) in [5.41, 5.74) is 0. The lowest BCUT2D eigenvalue weighted by molar-refractivity contribution is -0.133. The molecule has 0 aromatic carbocycles. The lowest BCUT2D eigenvalue weighted by atomic mass is 10.1. The van der Waals surface area contributed by atoms with E-state index in [9.17, 15) is 9.70 Å². The molecule has 0 spiro atoms. The van der Waals surface area contributed by atoms with Crippen LogP contribution in [0.5, 0.6) is 0 Å². The van der Waals surface area contributed by atoms with Crippen LogP contribution in [-0.2, 0) is 4.79 Å². The van der Waals surface area contributed by atoms with Gasteiger partial charge >= 0.3 is 0 Å². The van der Waals surface area contributed by atoms with Gasteiger partial charge in [-0.05, 0) is 6.42 Å². The van der Waals surface area contributed by atoms with E-state index in [1.165, 1.54) is 7.05 Å². The van der Waals surface area contributed by atoms with Gasteiger partial charge in [0.2, 0.25) is 5.91 Å². The summed E-state index contributed by atoms with van der Waals surface area (Å²) in [6.45, 7) is 3.66. The molecule has 0 saturated carbocycles. The number of hydrogen-bond donors (Lipinski definition) is 0. The quantitative estimate of drug-likeness (QED) is 0.441. The van der Waals surface area contributed by atoms with Crippen molar-refractivity contribution in [1.82, 2.24) is 5.01 Å². The predicted octanol–water partition coefficient (Wildman–Crippen LogP) is 1.17. The Bertz CT molecular complexity index is 136. The van der Waals surface area contributed by atoms with Gasteiger partial charge in [0.15, 0.2) is 0 Å². The first-order valence-corrected chi connectivity index (χ1v) is 3.24. The molecule has 0 rings (SSSR count). The molecule has 0 aliphatic heterocycles. The maximum absolute atomic E-state index is 10.9. The smallest absolute Gasteiger partial charge is 0.247 e. The fraction of sp³-hybridized carbons (Fsp3) is 0.833. The van der Waals surface area contributed by atoms with Crippen molar-refractivity contribution < 1.29 is 4.79 Å². The molecule has 0 bridgehead atoms. The molecule has 0 aromatic heterocycles. The van der Waals surface area contributed by atoms with Gasteiger partial charge in [0, 0.05) is 13.0 Å². The zero-order chi connectivity index (χ0) is 8.15. The van der Waals surface area contributed by atoms with Gasteiger partial charge in [-0.25, -0.2) is 0 Å². The van der Waals surface area contributed by atoms with E-state index in [0.29, 0.717) is 0 Å². The molecule has 0 aromatic rings. The Morgan fingerprint density at radius 3 is 2.50 bits per heavy atom. The van der Waals surface area contributed by atoms with Crippen LogP contribution >= 0.6 is 0 Å². The van der Waals surface area contributed by atoms with Crippen LogP contribution < -0.4 is 0 Å². The van der Waals surface area contributed by atoms with Gasteiger partial charge in [0.25, 0.3) is 0 Å². The van der Waals surface area contributed by atoms with Gasteiger partial charge in [-0.15, -0.1) is 4.91 Å². The molecule has 1 amide bonds. The molecular weight excluding hydrogens is 132 g/mol. The third kappa shape index (κ3) is 2.13. The van der Waals surface area contributed by atoms with E-state index >= 15 is 0 Å². The largest absolute Gasteiger partial charge is 0.273 e. The van der Waals surface area contributed by atoms with Gasteiger partial charge < -0.3 is 0 Å². The molecule has 10 heavy (non-hydrogen) atoms. The van der Waals surface area contributed by atoms with Crippen molar-refractivity contribution in [3.63, 3.8) is 0 Å². The van der Waals surface area contributed by atoms with Gasteiger partial charge in [-0.2, -0.15) is 5.01 Å². The second-order valence-corrected chi connectivity index (χ2v) is 2.25. The minimum Gasteiger partial charge on any atom is -0.273 e. The van der Waals surface area contributed by atoms with Crippen LogP contribution in [0.4, 0.5) is 0 Å². The highest BCUT2D eigenvalue weighted by Gasteiger charge is 2.15. The molecule has 0 fully saturated rings. The second kappa shape index (κ2) is 3.98. The van der Waals surface area contributed by atoms with Crippen LogP contribution in [0, 0.1) is 10.8 Å². The Hall–Kier alpha value is -0.930. The third-order valence-corrected chi connectivity index (χ3v) is 1.48. The number of carbonyl (C=O) groups is 1. The molecule has 0 saturated heterocycles. The SMILES string of the molecule is CC[C@H](C)C(=O)N(C)N=O. The molecule has 0 aliphatic rings. The van der Waals surface area contributed by atoms with E-state index < -0.39 is 0 Å². The summed E-state index contributed by atoms with van der Waals surface area (Å²) < 4.78 is 0. The number of rotatable bonds is 3. The van der Waals surface area contributed by atoms with Crippen molar-refractivity contribution in [1.29, 1.82) is 0 Å². The van der Waals surface area contributed by atoms with Crippen LogP contribution in [-0.4, -0.2) is 18.0 Å². The predicted molar refractivity (Wildman–Crippen MR) is 38.0 cm³/mol. The Morgan fingerprint density at radius 1 is 1.70 bits per heavy atom. The summed E-state index contributed by atoms with van der Waals surface area (Å²) in [5, 5.41) is 3.32. The summed E-state index contributed by atoms with van der Waals surface area (Å²) in [7, 11) is 1.36. The molecule has 1 atom stereocenters. The minimum absolute atomic E-state index is 0.109. The number of carbonyl (C=O) groups excluding carboxylic acids is 1. The lowest BCUT2D eigenvalue weighted by Crippen LogP contribution is -2.26. The topological polar surface area (TPSA) is 49.7 Å². The molecule has 4 nitrogen and oxygen atoms in total. The first-order chi connectivity index (χ1) is 4.63. The number of nitrogens with zero attached hydrogens (tertiary/aromatic N) is 2. The van der Waals surface area contributed by atoms with Crippen LogP contribution in [0.2, 0.25) is 0 Å². The number of amides is 1. The van der Waals surface area contributed by atoms with Crippen molar-refractivity contribution in [2.75, 3.05) is 7.05 Å². The molecular formula is C6H12N2O2. The highest BCUT2D eigenvalue weighted by Crippen LogP contribution is 2.04. The zero-order valence-corrected chi connectivity index (χ0v) is 6.50. The van der Waals surface area contributed by atoms with Crippen LogP contribution in [0.3, 0.4) is 0 Å². The monoisotopic (exact) mass is 144 g/mol. The van der Waals surface area contributed by atoms with Gasteiger partial charge in [-0.1, -0.05) is 13.8 Å². The summed E-state index contributed by atoms with van der Waals surface area (Å²) >= 11 is 0. The van der Waals surface area contributed by atoms with E-state index in [1.807, 2.05) is 6.92 Å². The minimum atomic E-state index is -0.225. The molecule has 4 heteroatoms. The maximum Gasteiger partial charge on any atom is 0.247 e. The van der Waals surface area contributed by atoms with Gasteiger partial charge in [-0.3, -0.25) is 4.79 Å². The van der Waals surface area contributed by atoms with Gasteiger partial charge in [0.05, 0.1) is 5.29 Å². The Labute approximate surface area is 60.2 Å². The Morgan fingerprint density at radius 2 is 2.20 bits per heavy atom.